The zero-order valence-corrected chi connectivity index (χ0v) is 15.3. The number of aromatic nitrogens is 3. The van der Waals surface area contributed by atoms with E-state index in [1.165, 1.54) is 22.9 Å². The number of pyridine rings is 2. The molecule has 0 atom stereocenters. The summed E-state index contributed by atoms with van der Waals surface area (Å²) in [5.74, 6) is -0.952. The second-order valence-electron chi connectivity index (χ2n) is 5.80. The van der Waals surface area contributed by atoms with Crippen molar-refractivity contribution in [3.05, 3.63) is 70.8 Å². The van der Waals surface area contributed by atoms with Crippen LogP contribution in [0.2, 0.25) is 5.02 Å². The lowest BCUT2D eigenvalue weighted by Crippen LogP contribution is -2.31. The molecule has 0 saturated carbocycles. The zero-order chi connectivity index (χ0) is 22.1. The van der Waals surface area contributed by atoms with Gasteiger partial charge in [0.15, 0.2) is 5.82 Å². The lowest BCUT2D eigenvalue weighted by molar-refractivity contribution is -0.138. The van der Waals surface area contributed by atoms with Crippen molar-refractivity contribution < 1.29 is 31.1 Å². The topological polar surface area (TPSA) is 71.8 Å². The minimum atomic E-state index is -4.63. The molecular formula is C17H10ClF6N5O. The van der Waals surface area contributed by atoms with E-state index in [1.807, 2.05) is 0 Å². The highest BCUT2D eigenvalue weighted by Crippen LogP contribution is 2.32. The minimum Gasteiger partial charge on any atom is -0.297 e. The molecule has 3 aromatic heterocycles. The highest BCUT2D eigenvalue weighted by atomic mass is 35.5. The fourth-order valence-corrected chi connectivity index (χ4v) is 2.54. The average Bonchev–Trinajstić information content (AvgIpc) is 3.15. The first-order chi connectivity index (χ1) is 14.0. The van der Waals surface area contributed by atoms with Gasteiger partial charge in [0.1, 0.15) is 11.5 Å². The average molecular weight is 450 g/mol. The Labute approximate surface area is 169 Å². The maximum absolute atomic E-state index is 12.7. The molecule has 0 aliphatic heterocycles. The molecule has 30 heavy (non-hydrogen) atoms. The molecule has 3 rings (SSSR count). The molecule has 158 valence electrons. The van der Waals surface area contributed by atoms with Crippen molar-refractivity contribution in [2.24, 2.45) is 0 Å². The predicted octanol–water partition coefficient (Wildman–Crippen LogP) is 4.72. The number of hydrogen-bond donors (Lipinski definition) is 2. The fraction of sp³-hybridized carbons (Fsp3) is 0.118. The molecule has 0 fully saturated rings. The van der Waals surface area contributed by atoms with E-state index in [0.717, 1.165) is 12.1 Å². The van der Waals surface area contributed by atoms with Gasteiger partial charge in [0.25, 0.3) is 5.91 Å². The van der Waals surface area contributed by atoms with Gasteiger partial charge in [-0.1, -0.05) is 11.6 Å². The summed E-state index contributed by atoms with van der Waals surface area (Å²) in [5, 5.41) is -0.384. The molecule has 0 radical (unpaired) electrons. The van der Waals surface area contributed by atoms with Crippen LogP contribution in [-0.2, 0) is 12.4 Å². The zero-order valence-electron chi connectivity index (χ0n) is 14.5. The van der Waals surface area contributed by atoms with Crippen LogP contribution < -0.4 is 10.9 Å². The molecule has 0 aromatic carbocycles. The van der Waals surface area contributed by atoms with Gasteiger partial charge < -0.3 is 0 Å². The smallest absolute Gasteiger partial charge is 0.297 e. The van der Waals surface area contributed by atoms with Gasteiger partial charge in [0.2, 0.25) is 0 Å². The van der Waals surface area contributed by atoms with E-state index in [1.54, 1.807) is 0 Å². The maximum atomic E-state index is 12.7. The van der Waals surface area contributed by atoms with Gasteiger partial charge in [-0.25, -0.2) is 9.97 Å². The lowest BCUT2D eigenvalue weighted by atomic mass is 10.3. The Bertz CT molecular complexity index is 1060. The van der Waals surface area contributed by atoms with Gasteiger partial charge in [0, 0.05) is 18.6 Å². The monoisotopic (exact) mass is 449 g/mol. The summed E-state index contributed by atoms with van der Waals surface area (Å²) in [6.45, 7) is 0. The molecule has 0 unspecified atom stereocenters. The molecule has 2 N–H and O–H groups in total. The van der Waals surface area contributed by atoms with Crippen LogP contribution in [0.1, 0.15) is 21.6 Å². The van der Waals surface area contributed by atoms with Crippen LogP contribution in [0, 0.1) is 0 Å². The number of hydrogen-bond acceptors (Lipinski definition) is 4. The van der Waals surface area contributed by atoms with Crippen molar-refractivity contribution in [1.82, 2.24) is 20.0 Å². The number of carbonyl (C=O) groups excluding carboxylic acids is 1. The van der Waals surface area contributed by atoms with Gasteiger partial charge in [0.05, 0.1) is 16.1 Å². The number of amides is 1. The van der Waals surface area contributed by atoms with Crippen molar-refractivity contribution in [2.45, 2.75) is 12.4 Å². The third-order valence-corrected chi connectivity index (χ3v) is 4.05. The first kappa shape index (κ1) is 21.4. The summed E-state index contributed by atoms with van der Waals surface area (Å²) in [5.41, 5.74) is 2.47. The summed E-state index contributed by atoms with van der Waals surface area (Å²) in [4.78, 5) is 19.6. The molecule has 0 aliphatic carbocycles. The number of nitrogens with zero attached hydrogens (tertiary/aromatic N) is 3. The summed E-state index contributed by atoms with van der Waals surface area (Å²) in [6, 6.07) is 5.35. The Hall–Kier alpha value is -3.28. The third kappa shape index (κ3) is 4.64. The van der Waals surface area contributed by atoms with Crippen LogP contribution in [-0.4, -0.2) is 20.4 Å². The van der Waals surface area contributed by atoms with E-state index < -0.39 is 29.4 Å². The highest BCUT2D eigenvalue weighted by molar-refractivity contribution is 6.33. The largest absolute Gasteiger partial charge is 0.417 e. The summed E-state index contributed by atoms with van der Waals surface area (Å²) < 4.78 is 77.1. The first-order valence-corrected chi connectivity index (χ1v) is 8.34. The van der Waals surface area contributed by atoms with E-state index in [0.29, 0.717) is 18.5 Å². The molecule has 1 amide bonds. The lowest BCUT2D eigenvalue weighted by Gasteiger charge is -2.13. The number of hydrazine groups is 1. The fourth-order valence-electron chi connectivity index (χ4n) is 2.33. The molecule has 6 nitrogen and oxygen atoms in total. The molecule has 3 heterocycles. The molecule has 3 aromatic rings. The van der Waals surface area contributed by atoms with Crippen molar-refractivity contribution in [2.75, 3.05) is 5.43 Å². The Morgan fingerprint density at radius 1 is 0.967 bits per heavy atom. The summed E-state index contributed by atoms with van der Waals surface area (Å²) in [6.07, 6.45) is -6.63. The van der Waals surface area contributed by atoms with Crippen LogP contribution in [0.4, 0.5) is 32.2 Å². The highest BCUT2D eigenvalue weighted by Gasteiger charge is 2.32. The number of rotatable bonds is 4. The molecule has 0 aliphatic rings. The van der Waals surface area contributed by atoms with Crippen LogP contribution in [0.15, 0.2) is 48.9 Å². The molecule has 13 heteroatoms. The van der Waals surface area contributed by atoms with Gasteiger partial charge >= 0.3 is 12.4 Å². The second-order valence-corrected chi connectivity index (χ2v) is 6.20. The van der Waals surface area contributed by atoms with Gasteiger partial charge in [-0.05, 0) is 30.3 Å². The van der Waals surface area contributed by atoms with Crippen LogP contribution in [0.25, 0.3) is 5.82 Å². The number of halogens is 7. The van der Waals surface area contributed by atoms with E-state index in [9.17, 15) is 31.1 Å². The minimum absolute atomic E-state index is 0.0159. The van der Waals surface area contributed by atoms with E-state index in [-0.39, 0.29) is 22.4 Å². The number of nitrogens with one attached hydrogen (secondary N) is 2. The Morgan fingerprint density at radius 2 is 1.63 bits per heavy atom. The number of anilines is 1. The Kier molecular flexibility index (Phi) is 5.61. The second kappa shape index (κ2) is 7.86. The maximum Gasteiger partial charge on any atom is 0.417 e. The van der Waals surface area contributed by atoms with Gasteiger partial charge in [-0.3, -0.25) is 20.2 Å². The molecule has 0 saturated heterocycles. The SMILES string of the molecule is O=C(NNc1ncc(C(F)(F)F)cc1Cl)c1cccn1-c1ccc(C(F)(F)F)cn1. The Balaban J connectivity index is 1.75. The number of carbonyl (C=O) groups is 1. The van der Waals surface area contributed by atoms with Crippen molar-refractivity contribution in [3.63, 3.8) is 0 Å². The first-order valence-electron chi connectivity index (χ1n) is 7.97. The molecular weight excluding hydrogens is 440 g/mol. The van der Waals surface area contributed by atoms with Crippen LogP contribution in [0.3, 0.4) is 0 Å². The number of alkyl halides is 6. The molecule has 0 spiro atoms. The van der Waals surface area contributed by atoms with Crippen LogP contribution in [0.5, 0.6) is 0 Å². The van der Waals surface area contributed by atoms with Gasteiger partial charge in [-0.2, -0.15) is 26.3 Å². The normalized spacial score (nSPS) is 12.0. The predicted molar refractivity (Wildman–Crippen MR) is 93.9 cm³/mol. The van der Waals surface area contributed by atoms with Crippen molar-refractivity contribution in [1.29, 1.82) is 0 Å². The van der Waals surface area contributed by atoms with Crippen LogP contribution >= 0.6 is 11.6 Å². The van der Waals surface area contributed by atoms with Gasteiger partial charge in [-0.15, -0.1) is 0 Å². The van der Waals surface area contributed by atoms with E-state index in [4.69, 9.17) is 11.6 Å². The van der Waals surface area contributed by atoms with Crippen molar-refractivity contribution >= 4 is 23.3 Å². The van der Waals surface area contributed by atoms with Crippen molar-refractivity contribution in [3.8, 4) is 5.82 Å². The quantitative estimate of drug-likeness (QED) is 0.447. The summed E-state index contributed by atoms with van der Waals surface area (Å²) >= 11 is 5.74. The Morgan fingerprint density at radius 3 is 2.20 bits per heavy atom. The standard InChI is InChI=1S/C17H10ClF6N5O/c18-11-6-10(17(22,23)24)8-26-14(11)27-28-15(30)12-2-1-5-29(12)13-4-3-9(7-25-13)16(19,20)21/h1-8H,(H,26,27)(H,28,30). The van der Waals surface area contributed by atoms with E-state index >= 15 is 0 Å². The molecule has 0 bridgehead atoms. The summed E-state index contributed by atoms with van der Waals surface area (Å²) in [7, 11) is 0. The third-order valence-electron chi connectivity index (χ3n) is 3.77. The van der Waals surface area contributed by atoms with E-state index in [2.05, 4.69) is 20.8 Å².